The van der Waals surface area contributed by atoms with Crippen molar-refractivity contribution < 1.29 is 4.79 Å². The van der Waals surface area contributed by atoms with Gasteiger partial charge in [-0.15, -0.1) is 12.4 Å². The van der Waals surface area contributed by atoms with Gasteiger partial charge < -0.3 is 5.32 Å². The molecule has 0 saturated heterocycles. The molecule has 0 aliphatic carbocycles. The molecule has 1 aromatic rings. The molecule has 0 fully saturated rings. The summed E-state index contributed by atoms with van der Waals surface area (Å²) in [6, 6.07) is 8.87. The lowest BCUT2D eigenvalue weighted by molar-refractivity contribution is -0.111. The number of anilines is 1. The van der Waals surface area contributed by atoms with Gasteiger partial charge in [0.15, 0.2) is 0 Å². The molecule has 0 amide bonds. The van der Waals surface area contributed by atoms with E-state index in [1.807, 2.05) is 0 Å². The summed E-state index contributed by atoms with van der Waals surface area (Å²) >= 11 is 5.40. The molecule has 4 heteroatoms. The summed E-state index contributed by atoms with van der Waals surface area (Å²) in [7, 11) is 0. The molecule has 1 atom stereocenters. The molecule has 1 aromatic carbocycles. The molecular formula is C25H43Cl2NO. The van der Waals surface area contributed by atoms with Gasteiger partial charge in [-0.2, -0.15) is 0 Å². The van der Waals surface area contributed by atoms with Crippen molar-refractivity contribution in [3.8, 4) is 0 Å². The molecule has 0 saturated carbocycles. The Bertz CT molecular complexity index is 504. The largest absolute Gasteiger partial charge is 0.383 e. The normalized spacial score (nSPS) is 11.7. The summed E-state index contributed by atoms with van der Waals surface area (Å²) in [5, 5.41) is 3.32. The van der Waals surface area contributed by atoms with E-state index in [-0.39, 0.29) is 17.6 Å². The zero-order valence-corrected chi connectivity index (χ0v) is 20.3. The first-order valence-electron chi connectivity index (χ1n) is 11.7. The Hall–Kier alpha value is -0.730. The van der Waals surface area contributed by atoms with Crippen molar-refractivity contribution in [3.63, 3.8) is 0 Å². The van der Waals surface area contributed by atoms with E-state index in [4.69, 9.17) is 11.6 Å². The van der Waals surface area contributed by atoms with Crippen LogP contribution in [0.15, 0.2) is 24.3 Å². The van der Waals surface area contributed by atoms with Crippen molar-refractivity contribution in [1.29, 1.82) is 0 Å². The second kappa shape index (κ2) is 19.2. The summed E-state index contributed by atoms with van der Waals surface area (Å²) < 4.78 is 0. The maximum atomic E-state index is 10.8. The molecule has 0 bridgehead atoms. The molecule has 0 aromatic heterocycles. The third-order valence-corrected chi connectivity index (χ3v) is 5.66. The zero-order valence-electron chi connectivity index (χ0n) is 18.7. The molecule has 29 heavy (non-hydrogen) atoms. The second-order valence-electron chi connectivity index (χ2n) is 8.28. The molecule has 1 unspecified atom stereocenters. The Labute approximate surface area is 191 Å². The summed E-state index contributed by atoms with van der Waals surface area (Å²) in [6.07, 6.45) is 19.2. The molecule has 1 rings (SSSR count). The zero-order chi connectivity index (χ0) is 20.5. The highest BCUT2D eigenvalue weighted by molar-refractivity contribution is 6.63. The first kappa shape index (κ1) is 28.3. The Morgan fingerprint density at radius 3 is 1.83 bits per heavy atom. The molecule has 2 nitrogen and oxygen atoms in total. The van der Waals surface area contributed by atoms with Crippen LogP contribution < -0.4 is 5.32 Å². The third-order valence-electron chi connectivity index (χ3n) is 5.47. The standard InChI is InChI=1S/C25H42ClNO.ClH/c1-3-4-5-6-7-8-9-10-11-12-13-14-15-22(2)27-24-19-16-23(17-20-24)18-21-25(26)28;/h16-17,19-20,22,27H,3-15,18,21H2,1-2H3;1H. The van der Waals surface area contributed by atoms with E-state index in [1.165, 1.54) is 83.5 Å². The van der Waals surface area contributed by atoms with E-state index in [9.17, 15) is 4.79 Å². The fourth-order valence-corrected chi connectivity index (χ4v) is 3.75. The Balaban J connectivity index is 0.00000784. The summed E-state index contributed by atoms with van der Waals surface area (Å²) in [6.45, 7) is 4.54. The van der Waals surface area contributed by atoms with Gasteiger partial charge in [0, 0.05) is 18.2 Å². The highest BCUT2D eigenvalue weighted by Crippen LogP contribution is 2.16. The molecule has 1 N–H and O–H groups in total. The molecule has 0 aliphatic heterocycles. The number of nitrogens with one attached hydrogen (secondary N) is 1. The number of halogens is 2. The van der Waals surface area contributed by atoms with Crippen molar-refractivity contribution in [2.45, 2.75) is 116 Å². The molecule has 168 valence electrons. The molecule has 0 heterocycles. The molecular weight excluding hydrogens is 401 g/mol. The lowest BCUT2D eigenvalue weighted by Crippen LogP contribution is -2.14. The maximum absolute atomic E-state index is 10.8. The van der Waals surface area contributed by atoms with Crippen LogP contribution in [0.2, 0.25) is 0 Å². The number of rotatable bonds is 18. The summed E-state index contributed by atoms with van der Waals surface area (Å²) in [4.78, 5) is 10.8. The number of hydrogen-bond donors (Lipinski definition) is 1. The highest BCUT2D eigenvalue weighted by Gasteiger charge is 2.03. The minimum atomic E-state index is -0.266. The van der Waals surface area contributed by atoms with Gasteiger partial charge in [-0.05, 0) is 49.1 Å². The molecule has 0 spiro atoms. The van der Waals surface area contributed by atoms with Gasteiger partial charge in [0.2, 0.25) is 5.24 Å². The van der Waals surface area contributed by atoms with Gasteiger partial charge in [0.1, 0.15) is 0 Å². The highest BCUT2D eigenvalue weighted by atomic mass is 35.5. The van der Waals surface area contributed by atoms with Gasteiger partial charge in [-0.25, -0.2) is 0 Å². The van der Waals surface area contributed by atoms with Crippen LogP contribution in [0.25, 0.3) is 0 Å². The fourth-order valence-electron chi connectivity index (χ4n) is 3.66. The van der Waals surface area contributed by atoms with Crippen LogP contribution in [-0.4, -0.2) is 11.3 Å². The van der Waals surface area contributed by atoms with Crippen molar-refractivity contribution in [3.05, 3.63) is 29.8 Å². The predicted octanol–water partition coefficient (Wildman–Crippen LogP) is 8.70. The van der Waals surface area contributed by atoms with Gasteiger partial charge in [-0.3, -0.25) is 4.79 Å². The average Bonchev–Trinajstić information content (AvgIpc) is 2.68. The number of carbonyl (C=O) groups is 1. The van der Waals surface area contributed by atoms with Gasteiger partial charge in [0.25, 0.3) is 0 Å². The number of unbranched alkanes of at least 4 members (excludes halogenated alkanes) is 11. The van der Waals surface area contributed by atoms with Gasteiger partial charge in [-0.1, -0.05) is 96.1 Å². The van der Waals surface area contributed by atoms with Gasteiger partial charge >= 0.3 is 0 Å². The summed E-state index contributed by atoms with van der Waals surface area (Å²) in [5.74, 6) is 0. The number of carbonyl (C=O) groups excluding carboxylic acids is 1. The SMILES string of the molecule is CCCCCCCCCCCCCCC(C)Nc1ccc(CCC(=O)Cl)cc1.Cl. The van der Waals surface area contributed by atoms with E-state index in [0.29, 0.717) is 12.5 Å². The van der Waals surface area contributed by atoms with E-state index < -0.39 is 0 Å². The predicted molar refractivity (Wildman–Crippen MR) is 132 cm³/mol. The topological polar surface area (TPSA) is 29.1 Å². The maximum Gasteiger partial charge on any atom is 0.221 e. The second-order valence-corrected chi connectivity index (χ2v) is 8.70. The first-order valence-corrected chi connectivity index (χ1v) is 12.0. The quantitative estimate of drug-likeness (QED) is 0.181. The number of benzene rings is 1. The van der Waals surface area contributed by atoms with Crippen molar-refractivity contribution in [2.24, 2.45) is 0 Å². The Morgan fingerprint density at radius 2 is 1.34 bits per heavy atom. The van der Waals surface area contributed by atoms with Crippen LogP contribution in [-0.2, 0) is 11.2 Å². The minimum absolute atomic E-state index is 0. The lowest BCUT2D eigenvalue weighted by atomic mass is 10.0. The van der Waals surface area contributed by atoms with Crippen LogP contribution >= 0.6 is 24.0 Å². The van der Waals surface area contributed by atoms with E-state index in [1.54, 1.807) is 0 Å². The fraction of sp³-hybridized carbons (Fsp3) is 0.720. The van der Waals surface area contributed by atoms with Crippen molar-refractivity contribution in [2.75, 3.05) is 5.32 Å². The average molecular weight is 445 g/mol. The first-order chi connectivity index (χ1) is 13.6. The smallest absolute Gasteiger partial charge is 0.221 e. The van der Waals surface area contributed by atoms with Crippen LogP contribution in [0.1, 0.15) is 109 Å². The van der Waals surface area contributed by atoms with Crippen molar-refractivity contribution in [1.82, 2.24) is 0 Å². The van der Waals surface area contributed by atoms with E-state index >= 15 is 0 Å². The summed E-state index contributed by atoms with van der Waals surface area (Å²) in [5.41, 5.74) is 2.32. The lowest BCUT2D eigenvalue weighted by Gasteiger charge is -2.15. The van der Waals surface area contributed by atoms with Crippen molar-refractivity contribution >= 4 is 34.9 Å². The third kappa shape index (κ3) is 16.7. The van der Waals surface area contributed by atoms with Gasteiger partial charge in [0.05, 0.1) is 0 Å². The minimum Gasteiger partial charge on any atom is -0.383 e. The Morgan fingerprint density at radius 1 is 0.862 bits per heavy atom. The Kier molecular flexibility index (Phi) is 18.8. The number of aryl methyl sites for hydroxylation is 1. The van der Waals surface area contributed by atoms with Crippen LogP contribution in [0.3, 0.4) is 0 Å². The monoisotopic (exact) mass is 443 g/mol. The van der Waals surface area contributed by atoms with Crippen LogP contribution in [0.5, 0.6) is 0 Å². The van der Waals surface area contributed by atoms with E-state index in [2.05, 4.69) is 43.4 Å². The number of hydrogen-bond acceptors (Lipinski definition) is 2. The van der Waals surface area contributed by atoms with Crippen LogP contribution in [0.4, 0.5) is 5.69 Å². The van der Waals surface area contributed by atoms with E-state index in [0.717, 1.165) is 17.7 Å². The molecule has 0 aliphatic rings. The molecule has 0 radical (unpaired) electrons. The van der Waals surface area contributed by atoms with Crippen LogP contribution in [0, 0.1) is 0 Å².